The highest BCUT2D eigenvalue weighted by Gasteiger charge is 2.20. The largest absolute Gasteiger partial charge is 0.495 e. The van der Waals surface area contributed by atoms with Crippen molar-refractivity contribution in [2.24, 2.45) is 0 Å². The fourth-order valence-electron chi connectivity index (χ4n) is 2.74. The van der Waals surface area contributed by atoms with Crippen LogP contribution >= 0.6 is 0 Å². The van der Waals surface area contributed by atoms with E-state index in [9.17, 15) is 13.2 Å². The highest BCUT2D eigenvalue weighted by Crippen LogP contribution is 2.21. The maximum atomic E-state index is 12.7. The Morgan fingerprint density at radius 3 is 2.68 bits per heavy atom. The van der Waals surface area contributed by atoms with E-state index in [2.05, 4.69) is 20.3 Å². The number of aromatic nitrogens is 5. The molecule has 4 rings (SSSR count). The molecule has 0 radical (unpaired) electrons. The van der Waals surface area contributed by atoms with E-state index in [0.717, 1.165) is 0 Å². The number of hydrogen-bond acceptors (Lipinski definition) is 7. The first-order valence-electron chi connectivity index (χ1n) is 8.22. The highest BCUT2D eigenvalue weighted by atomic mass is 32.2. The summed E-state index contributed by atoms with van der Waals surface area (Å²) in [7, 11) is -2.19. The van der Waals surface area contributed by atoms with E-state index < -0.39 is 9.84 Å². The predicted octanol–water partition coefficient (Wildman–Crippen LogP) is 1.40. The third-order valence-corrected chi connectivity index (χ3v) is 5.93. The summed E-state index contributed by atoms with van der Waals surface area (Å²) in [6, 6.07) is 9.18. The molecule has 0 saturated carbocycles. The van der Waals surface area contributed by atoms with Gasteiger partial charge in [0, 0.05) is 5.39 Å². The first-order chi connectivity index (χ1) is 13.5. The molecule has 142 valence electrons. The van der Waals surface area contributed by atoms with Crippen molar-refractivity contribution in [1.82, 2.24) is 25.0 Å². The Morgan fingerprint density at radius 2 is 2.00 bits per heavy atom. The van der Waals surface area contributed by atoms with Gasteiger partial charge in [0.1, 0.15) is 5.75 Å². The molecule has 0 aliphatic rings. The molecule has 0 bridgehead atoms. The number of hydrogen-bond donors (Lipinski definition) is 1. The van der Waals surface area contributed by atoms with Crippen LogP contribution in [0.4, 0.5) is 0 Å². The lowest BCUT2D eigenvalue weighted by molar-refractivity contribution is 0.412. The van der Waals surface area contributed by atoms with Gasteiger partial charge in [0.15, 0.2) is 5.03 Å². The highest BCUT2D eigenvalue weighted by molar-refractivity contribution is 7.91. The van der Waals surface area contributed by atoms with Crippen molar-refractivity contribution in [3.63, 3.8) is 0 Å². The fraction of sp³-hybridized carbons (Fsp3) is 0.111. The number of fused-ring (bicyclic) bond motifs is 1. The third kappa shape index (κ3) is 3.14. The van der Waals surface area contributed by atoms with E-state index in [0.29, 0.717) is 22.2 Å². The van der Waals surface area contributed by atoms with E-state index in [-0.39, 0.29) is 22.0 Å². The topological polar surface area (TPSA) is 120 Å². The molecule has 28 heavy (non-hydrogen) atoms. The van der Waals surface area contributed by atoms with Gasteiger partial charge < -0.3 is 4.74 Å². The SMILES string of the molecule is COc1ccc(Cn2ncc3cc(S(=O)(=O)c4ccn[nH]4)ccc3c2=O)nc1. The van der Waals surface area contributed by atoms with Crippen LogP contribution in [0.25, 0.3) is 10.8 Å². The normalized spacial score (nSPS) is 11.6. The third-order valence-electron chi connectivity index (χ3n) is 4.24. The summed E-state index contributed by atoms with van der Waals surface area (Å²) in [5.41, 5.74) is 0.314. The van der Waals surface area contributed by atoms with Crippen LogP contribution in [0.1, 0.15) is 5.69 Å². The number of pyridine rings is 1. The van der Waals surface area contributed by atoms with Gasteiger partial charge in [0.25, 0.3) is 5.56 Å². The Balaban J connectivity index is 1.71. The van der Waals surface area contributed by atoms with Gasteiger partial charge in [0.2, 0.25) is 9.84 Å². The Morgan fingerprint density at radius 1 is 1.14 bits per heavy atom. The van der Waals surface area contributed by atoms with Gasteiger partial charge in [-0.15, -0.1) is 0 Å². The Bertz CT molecular complexity index is 1300. The minimum Gasteiger partial charge on any atom is -0.495 e. The molecule has 10 heteroatoms. The number of ether oxygens (including phenoxy) is 1. The molecule has 0 aliphatic carbocycles. The van der Waals surface area contributed by atoms with Crippen LogP contribution < -0.4 is 10.3 Å². The van der Waals surface area contributed by atoms with Crippen molar-refractivity contribution in [3.8, 4) is 5.75 Å². The molecule has 1 aromatic carbocycles. The van der Waals surface area contributed by atoms with Gasteiger partial charge >= 0.3 is 0 Å². The minimum atomic E-state index is -3.74. The van der Waals surface area contributed by atoms with E-state index in [1.54, 1.807) is 25.4 Å². The number of methoxy groups -OCH3 is 1. The lowest BCUT2D eigenvalue weighted by Crippen LogP contribution is -2.23. The van der Waals surface area contributed by atoms with Gasteiger partial charge in [-0.25, -0.2) is 13.1 Å². The number of benzene rings is 1. The van der Waals surface area contributed by atoms with E-state index in [4.69, 9.17) is 4.74 Å². The summed E-state index contributed by atoms with van der Waals surface area (Å²) in [5, 5.41) is 11.0. The monoisotopic (exact) mass is 397 g/mol. The molecule has 0 fully saturated rings. The molecule has 3 aromatic heterocycles. The van der Waals surface area contributed by atoms with E-state index >= 15 is 0 Å². The summed E-state index contributed by atoms with van der Waals surface area (Å²) in [4.78, 5) is 17.0. The summed E-state index contributed by atoms with van der Waals surface area (Å²) in [6.07, 6.45) is 4.39. The summed E-state index contributed by atoms with van der Waals surface area (Å²) in [5.74, 6) is 0.619. The van der Waals surface area contributed by atoms with Gasteiger partial charge in [-0.05, 0) is 36.4 Å². The maximum Gasteiger partial charge on any atom is 0.274 e. The minimum absolute atomic E-state index is 0.0151. The maximum absolute atomic E-state index is 12.7. The smallest absolute Gasteiger partial charge is 0.274 e. The van der Waals surface area contributed by atoms with Crippen molar-refractivity contribution in [2.45, 2.75) is 16.5 Å². The van der Waals surface area contributed by atoms with Crippen LogP contribution in [0.3, 0.4) is 0 Å². The van der Waals surface area contributed by atoms with Crippen LogP contribution in [-0.2, 0) is 16.4 Å². The second kappa shape index (κ2) is 6.89. The number of H-pyrrole nitrogens is 1. The molecule has 0 spiro atoms. The van der Waals surface area contributed by atoms with Crippen molar-refractivity contribution >= 4 is 20.6 Å². The van der Waals surface area contributed by atoms with Gasteiger partial charge in [-0.2, -0.15) is 10.2 Å². The summed E-state index contributed by atoms with van der Waals surface area (Å²) >= 11 is 0. The van der Waals surface area contributed by atoms with Crippen molar-refractivity contribution in [1.29, 1.82) is 0 Å². The molecule has 9 nitrogen and oxygen atoms in total. The molecular weight excluding hydrogens is 382 g/mol. The number of nitrogens with zero attached hydrogens (tertiary/aromatic N) is 4. The van der Waals surface area contributed by atoms with Crippen LogP contribution in [-0.4, -0.2) is 40.5 Å². The second-order valence-electron chi connectivity index (χ2n) is 5.97. The lowest BCUT2D eigenvalue weighted by Gasteiger charge is -2.08. The van der Waals surface area contributed by atoms with Crippen LogP contribution in [0, 0.1) is 0 Å². The Kier molecular flexibility index (Phi) is 4.40. The Labute approximate surface area is 159 Å². The zero-order chi connectivity index (χ0) is 19.7. The van der Waals surface area contributed by atoms with Crippen LogP contribution in [0.15, 0.2) is 69.7 Å². The first-order valence-corrected chi connectivity index (χ1v) is 9.70. The quantitative estimate of drug-likeness (QED) is 0.540. The molecule has 0 atom stereocenters. The van der Waals surface area contributed by atoms with Gasteiger partial charge in [-0.3, -0.25) is 14.9 Å². The molecule has 4 aromatic rings. The summed E-state index contributed by atoms with van der Waals surface area (Å²) in [6.45, 7) is 0.187. The second-order valence-corrected chi connectivity index (χ2v) is 7.89. The molecule has 3 heterocycles. The van der Waals surface area contributed by atoms with E-state index in [1.807, 2.05) is 0 Å². The average Bonchev–Trinajstić information content (AvgIpc) is 3.26. The molecule has 1 N–H and O–H groups in total. The molecule has 0 amide bonds. The number of sulfone groups is 1. The number of aromatic amines is 1. The lowest BCUT2D eigenvalue weighted by atomic mass is 10.2. The van der Waals surface area contributed by atoms with Crippen molar-refractivity contribution in [3.05, 3.63) is 71.0 Å². The number of rotatable bonds is 5. The fourth-order valence-corrected chi connectivity index (χ4v) is 3.94. The summed E-state index contributed by atoms with van der Waals surface area (Å²) < 4.78 is 31.5. The Hall–Kier alpha value is -3.53. The zero-order valence-corrected chi connectivity index (χ0v) is 15.5. The molecular formula is C18H15N5O4S. The average molecular weight is 397 g/mol. The first kappa shape index (κ1) is 17.9. The van der Waals surface area contributed by atoms with Crippen molar-refractivity contribution < 1.29 is 13.2 Å². The van der Waals surface area contributed by atoms with E-state index in [1.165, 1.54) is 41.3 Å². The predicted molar refractivity (Wildman–Crippen MR) is 99.9 cm³/mol. The number of nitrogens with one attached hydrogen (secondary N) is 1. The van der Waals surface area contributed by atoms with Gasteiger partial charge in [0.05, 0.1) is 48.2 Å². The van der Waals surface area contributed by atoms with Crippen LogP contribution in [0.5, 0.6) is 5.75 Å². The molecule has 0 aliphatic heterocycles. The molecule has 0 saturated heterocycles. The molecule has 0 unspecified atom stereocenters. The zero-order valence-electron chi connectivity index (χ0n) is 14.7. The van der Waals surface area contributed by atoms with Crippen LogP contribution in [0.2, 0.25) is 0 Å². The van der Waals surface area contributed by atoms with Gasteiger partial charge in [-0.1, -0.05) is 0 Å². The van der Waals surface area contributed by atoms with Crippen molar-refractivity contribution in [2.75, 3.05) is 7.11 Å². The standard InChI is InChI=1S/C18H15N5O4S/c1-27-14-3-2-13(19-10-14)11-23-18(24)16-5-4-15(8-12(16)9-21-23)28(25,26)17-6-7-20-22-17/h2-10H,11H2,1H3,(H,20,22).